The van der Waals surface area contributed by atoms with Crippen LogP contribution in [-0.2, 0) is 16.1 Å². The second-order valence-electron chi connectivity index (χ2n) is 4.53. The van der Waals surface area contributed by atoms with Crippen LogP contribution in [0.15, 0.2) is 0 Å². The summed E-state index contributed by atoms with van der Waals surface area (Å²) in [6.07, 6.45) is 1.87. The number of aldehydes is 1. The van der Waals surface area contributed by atoms with Crippen LogP contribution in [0.25, 0.3) is 0 Å². The van der Waals surface area contributed by atoms with Crippen molar-refractivity contribution in [1.29, 1.82) is 0 Å². The summed E-state index contributed by atoms with van der Waals surface area (Å²) in [5, 5.41) is 14.9. The Bertz CT molecular complexity index is 609. The third kappa shape index (κ3) is 3.45. The van der Waals surface area contributed by atoms with Gasteiger partial charge in [-0.15, -0.1) is 0 Å². The molecule has 2 N–H and O–H groups in total. The molecule has 1 unspecified atom stereocenters. The molecule has 1 aromatic rings. The van der Waals surface area contributed by atoms with Gasteiger partial charge < -0.3 is 15.3 Å². The predicted octanol–water partition coefficient (Wildman–Crippen LogP) is 0.292. The van der Waals surface area contributed by atoms with Crippen LogP contribution < -0.4 is 5.73 Å². The summed E-state index contributed by atoms with van der Waals surface area (Å²) in [6.45, 7) is 1.77. The van der Waals surface area contributed by atoms with Gasteiger partial charge in [-0.2, -0.15) is 5.10 Å². The third-order valence-electron chi connectivity index (χ3n) is 2.98. The minimum atomic E-state index is -1.12. The average Bonchev–Trinajstić information content (AvgIpc) is 2.85. The first-order valence-corrected chi connectivity index (χ1v) is 6.45. The maximum Gasteiger partial charge on any atom is 0.365 e. The summed E-state index contributed by atoms with van der Waals surface area (Å²) in [7, 11) is 1.03. The zero-order chi connectivity index (χ0) is 16.9. The van der Waals surface area contributed by atoms with Crippen molar-refractivity contribution in [2.75, 3.05) is 7.11 Å². The van der Waals surface area contributed by atoms with E-state index < -0.39 is 39.8 Å². The van der Waals surface area contributed by atoms with Crippen LogP contribution in [0.4, 0.5) is 5.69 Å². The number of amides is 1. The van der Waals surface area contributed by atoms with Gasteiger partial charge in [0, 0.05) is 5.92 Å². The molecule has 10 heteroatoms. The molecule has 1 atom stereocenters. The van der Waals surface area contributed by atoms with Crippen LogP contribution in [0.3, 0.4) is 0 Å². The molecular weight excluding hydrogens is 296 g/mol. The minimum absolute atomic E-state index is 0.0898. The van der Waals surface area contributed by atoms with Crippen LogP contribution in [0, 0.1) is 16.0 Å². The molecule has 1 heterocycles. The Hall–Kier alpha value is -2.78. The van der Waals surface area contributed by atoms with Gasteiger partial charge in [-0.25, -0.2) is 4.79 Å². The van der Waals surface area contributed by atoms with Gasteiger partial charge in [0.05, 0.1) is 18.6 Å². The smallest absolute Gasteiger partial charge is 0.365 e. The van der Waals surface area contributed by atoms with Crippen LogP contribution >= 0.6 is 0 Å². The fraction of sp³-hybridized carbons (Fsp3) is 0.500. The topological polar surface area (TPSA) is 147 Å². The highest BCUT2D eigenvalue weighted by atomic mass is 16.6. The number of carbonyl (C=O) groups is 3. The Morgan fingerprint density at radius 2 is 2.18 bits per heavy atom. The van der Waals surface area contributed by atoms with Gasteiger partial charge in [-0.3, -0.25) is 19.6 Å². The highest BCUT2D eigenvalue weighted by molar-refractivity contribution is 6.01. The molecule has 1 amide bonds. The van der Waals surface area contributed by atoms with Crippen LogP contribution in [-0.4, -0.2) is 40.0 Å². The van der Waals surface area contributed by atoms with Crippen molar-refractivity contribution in [3.63, 3.8) is 0 Å². The summed E-state index contributed by atoms with van der Waals surface area (Å²) in [5.41, 5.74) is 3.18. The number of methoxy groups -OCH3 is 1. The zero-order valence-corrected chi connectivity index (χ0v) is 12.1. The molecule has 22 heavy (non-hydrogen) atoms. The molecule has 1 rings (SSSR count). The van der Waals surface area contributed by atoms with Crippen molar-refractivity contribution >= 4 is 23.9 Å². The second-order valence-corrected chi connectivity index (χ2v) is 4.53. The van der Waals surface area contributed by atoms with E-state index >= 15 is 0 Å². The van der Waals surface area contributed by atoms with Gasteiger partial charge >= 0.3 is 11.7 Å². The molecule has 10 nitrogen and oxygen atoms in total. The lowest BCUT2D eigenvalue weighted by Crippen LogP contribution is -2.22. The lowest BCUT2D eigenvalue weighted by Gasteiger charge is -2.10. The van der Waals surface area contributed by atoms with E-state index in [1.165, 1.54) is 0 Å². The van der Waals surface area contributed by atoms with Gasteiger partial charge in [0.15, 0.2) is 0 Å². The molecule has 0 aromatic carbocycles. The summed E-state index contributed by atoms with van der Waals surface area (Å²) in [5.74, 6) is -2.69. The summed E-state index contributed by atoms with van der Waals surface area (Å²) < 4.78 is 5.33. The number of nitro groups is 1. The Morgan fingerprint density at radius 1 is 1.55 bits per heavy atom. The maximum atomic E-state index is 11.6. The quantitative estimate of drug-likeness (QED) is 0.314. The summed E-state index contributed by atoms with van der Waals surface area (Å²) in [4.78, 5) is 44.3. The molecule has 1 aromatic heterocycles. The average molecular weight is 312 g/mol. The number of rotatable bonds is 8. The Balaban J connectivity index is 3.43. The number of hydrogen-bond donors (Lipinski definition) is 1. The van der Waals surface area contributed by atoms with Crippen LogP contribution in [0.1, 0.15) is 40.7 Å². The lowest BCUT2D eigenvalue weighted by atomic mass is 10.1. The van der Waals surface area contributed by atoms with Crippen molar-refractivity contribution in [3.8, 4) is 0 Å². The van der Waals surface area contributed by atoms with Crippen molar-refractivity contribution < 1.29 is 24.0 Å². The predicted molar refractivity (Wildman–Crippen MR) is 73.2 cm³/mol. The van der Waals surface area contributed by atoms with E-state index in [1.54, 1.807) is 0 Å². The fourth-order valence-electron chi connectivity index (χ4n) is 2.03. The SMILES string of the molecule is CCCC(C=O)Cn1nc(C(=O)OC)c([N+](=O)[O-])c1C(N)=O. The Labute approximate surface area is 125 Å². The van der Waals surface area contributed by atoms with E-state index in [2.05, 4.69) is 9.84 Å². The van der Waals surface area contributed by atoms with Gasteiger partial charge in [-0.1, -0.05) is 13.3 Å². The monoisotopic (exact) mass is 312 g/mol. The fourth-order valence-corrected chi connectivity index (χ4v) is 2.03. The number of nitrogens with two attached hydrogens (primary N) is 1. The standard InChI is InChI=1S/C12H16N4O6/c1-3-4-7(6-17)5-15-10(11(13)18)9(16(20)21)8(14-15)12(19)22-2/h6-7H,3-5H2,1-2H3,(H2,13,18). The zero-order valence-electron chi connectivity index (χ0n) is 12.1. The molecular formula is C12H16N4O6. The first-order valence-electron chi connectivity index (χ1n) is 6.45. The van der Waals surface area contributed by atoms with E-state index in [-0.39, 0.29) is 6.54 Å². The Kier molecular flexibility index (Phi) is 5.72. The number of nitrogens with zero attached hydrogens (tertiary/aromatic N) is 3. The summed E-state index contributed by atoms with van der Waals surface area (Å²) >= 11 is 0. The van der Waals surface area contributed by atoms with Gasteiger partial charge in [0.25, 0.3) is 5.91 Å². The highest BCUT2D eigenvalue weighted by Crippen LogP contribution is 2.25. The highest BCUT2D eigenvalue weighted by Gasteiger charge is 2.36. The number of hydrogen-bond acceptors (Lipinski definition) is 7. The molecule has 0 aliphatic heterocycles. The maximum absolute atomic E-state index is 11.6. The number of carbonyl (C=O) groups excluding carboxylic acids is 3. The number of ether oxygens (including phenoxy) is 1. The van der Waals surface area contributed by atoms with Gasteiger partial charge in [-0.05, 0) is 6.42 Å². The van der Waals surface area contributed by atoms with E-state index in [0.29, 0.717) is 19.1 Å². The largest absolute Gasteiger partial charge is 0.464 e. The summed E-state index contributed by atoms with van der Waals surface area (Å²) in [6, 6.07) is 0. The van der Waals surface area contributed by atoms with Crippen molar-refractivity contribution in [1.82, 2.24) is 9.78 Å². The van der Waals surface area contributed by atoms with E-state index in [4.69, 9.17) is 5.73 Å². The second kappa shape index (κ2) is 7.29. The van der Waals surface area contributed by atoms with E-state index in [1.807, 2.05) is 6.92 Å². The number of primary amides is 1. The molecule has 0 aliphatic rings. The first-order chi connectivity index (χ1) is 10.4. The van der Waals surface area contributed by atoms with Crippen molar-refractivity contribution in [3.05, 3.63) is 21.5 Å². The Morgan fingerprint density at radius 3 is 2.59 bits per heavy atom. The number of esters is 1. The van der Waals surface area contributed by atoms with Crippen molar-refractivity contribution in [2.45, 2.75) is 26.3 Å². The molecule has 0 aliphatic carbocycles. The lowest BCUT2D eigenvalue weighted by molar-refractivity contribution is -0.385. The normalized spacial score (nSPS) is 11.7. The van der Waals surface area contributed by atoms with Crippen molar-refractivity contribution in [2.24, 2.45) is 11.7 Å². The molecule has 0 spiro atoms. The number of aromatic nitrogens is 2. The molecule has 0 fully saturated rings. The molecule has 0 radical (unpaired) electrons. The molecule has 0 saturated heterocycles. The van der Waals surface area contributed by atoms with Crippen LogP contribution in [0.5, 0.6) is 0 Å². The van der Waals surface area contributed by atoms with E-state index in [9.17, 15) is 24.5 Å². The van der Waals surface area contributed by atoms with Crippen LogP contribution in [0.2, 0.25) is 0 Å². The first kappa shape index (κ1) is 17.3. The van der Waals surface area contributed by atoms with Gasteiger partial charge in [0.1, 0.15) is 6.29 Å². The van der Waals surface area contributed by atoms with E-state index in [0.717, 1.165) is 11.8 Å². The third-order valence-corrected chi connectivity index (χ3v) is 2.98. The minimum Gasteiger partial charge on any atom is -0.464 e. The molecule has 120 valence electrons. The molecule has 0 bridgehead atoms. The molecule has 0 saturated carbocycles. The van der Waals surface area contributed by atoms with Gasteiger partial charge in [0.2, 0.25) is 11.4 Å².